The van der Waals surface area contributed by atoms with Gasteiger partial charge in [-0.2, -0.15) is 0 Å². The molecule has 1 fully saturated rings. The first-order valence-corrected chi connectivity index (χ1v) is 4.98. The predicted molar refractivity (Wildman–Crippen MR) is 35.2 cm³/mol. The lowest BCUT2D eigenvalue weighted by atomic mass is 10.2. The number of rotatable bonds is 1. The van der Waals surface area contributed by atoms with Crippen LogP contribution >= 0.6 is 0 Å². The highest BCUT2D eigenvalue weighted by molar-refractivity contribution is 6.42. The monoisotopic (exact) mass is 148 g/mol. The summed E-state index contributed by atoms with van der Waals surface area (Å²) in [5.74, 6) is 0. The van der Waals surface area contributed by atoms with Gasteiger partial charge in [0.05, 0.1) is 5.73 Å². The molecule has 3 nitrogen and oxygen atoms in total. The molecule has 4 heteroatoms. The zero-order valence-corrected chi connectivity index (χ0v) is 6.44. The second kappa shape index (κ2) is 3.31. The molecule has 0 amide bonds. The molecule has 1 rings (SSSR count). The summed E-state index contributed by atoms with van der Waals surface area (Å²) in [7, 11) is -2.47. The average molecular weight is 148 g/mol. The maximum Gasteiger partial charge on any atom is 0.346 e. The van der Waals surface area contributed by atoms with E-state index in [0.717, 1.165) is 19.3 Å². The summed E-state index contributed by atoms with van der Waals surface area (Å²) >= 11 is 0. The van der Waals surface area contributed by atoms with E-state index >= 15 is 0 Å². The molecule has 1 unspecified atom stereocenters. The molecule has 1 saturated heterocycles. The van der Waals surface area contributed by atoms with Gasteiger partial charge in [0.2, 0.25) is 0 Å². The van der Waals surface area contributed by atoms with E-state index in [-0.39, 0.29) is 5.73 Å². The van der Waals surface area contributed by atoms with Gasteiger partial charge in [-0.25, -0.2) is 0 Å². The van der Waals surface area contributed by atoms with E-state index in [1.807, 2.05) is 0 Å². The Balaban J connectivity index is 2.23. The molecule has 1 heterocycles. The first kappa shape index (κ1) is 7.21. The molecule has 0 aromatic heterocycles. The number of ether oxygens (including phenoxy) is 1. The summed E-state index contributed by atoms with van der Waals surface area (Å²) in [6, 6.07) is 0. The lowest BCUT2D eigenvalue weighted by molar-refractivity contribution is 0.0438. The van der Waals surface area contributed by atoms with Gasteiger partial charge >= 0.3 is 9.28 Å². The summed E-state index contributed by atoms with van der Waals surface area (Å²) in [6.45, 7) is 0.704. The summed E-state index contributed by atoms with van der Waals surface area (Å²) in [5.41, 5.74) is -0.196. The van der Waals surface area contributed by atoms with Crippen LogP contribution in [0, 0.1) is 0 Å². The van der Waals surface area contributed by atoms with Crippen molar-refractivity contribution in [1.29, 1.82) is 0 Å². The van der Waals surface area contributed by atoms with Crippen LogP contribution in [-0.2, 0) is 4.74 Å². The minimum absolute atomic E-state index is 0.196. The average Bonchev–Trinajstić information content (AvgIpc) is 1.90. The normalized spacial score (nSPS) is 29.0. The van der Waals surface area contributed by atoms with E-state index in [1.165, 1.54) is 0 Å². The molecule has 1 aliphatic rings. The summed E-state index contributed by atoms with van der Waals surface area (Å²) in [5, 5.41) is 0. The molecule has 0 spiro atoms. The van der Waals surface area contributed by atoms with Gasteiger partial charge in [-0.05, 0) is 19.3 Å². The van der Waals surface area contributed by atoms with Crippen molar-refractivity contribution in [2.75, 3.05) is 6.61 Å². The van der Waals surface area contributed by atoms with Gasteiger partial charge in [0, 0.05) is 6.61 Å². The van der Waals surface area contributed by atoms with Gasteiger partial charge in [-0.1, -0.05) is 0 Å². The maximum atomic E-state index is 8.75. The Bertz CT molecular complexity index is 80.3. The first-order chi connectivity index (χ1) is 4.30. The lowest BCUT2D eigenvalue weighted by Gasteiger charge is -2.22. The van der Waals surface area contributed by atoms with Crippen molar-refractivity contribution in [2.24, 2.45) is 0 Å². The van der Waals surface area contributed by atoms with Gasteiger partial charge < -0.3 is 14.3 Å². The smallest absolute Gasteiger partial charge is 0.346 e. The van der Waals surface area contributed by atoms with Crippen LogP contribution in [0.3, 0.4) is 0 Å². The quantitative estimate of drug-likeness (QED) is 0.483. The molecule has 9 heavy (non-hydrogen) atoms. The van der Waals surface area contributed by atoms with E-state index in [2.05, 4.69) is 0 Å². The van der Waals surface area contributed by atoms with Crippen molar-refractivity contribution < 1.29 is 14.3 Å². The maximum absolute atomic E-state index is 8.75. The molecule has 1 atom stereocenters. The van der Waals surface area contributed by atoms with Crippen LogP contribution in [0.2, 0.25) is 0 Å². The van der Waals surface area contributed by atoms with Crippen LogP contribution < -0.4 is 0 Å². The summed E-state index contributed by atoms with van der Waals surface area (Å²) in [6.07, 6.45) is 2.98. The van der Waals surface area contributed by atoms with E-state index in [0.29, 0.717) is 6.61 Å². The number of hydrogen-bond donors (Lipinski definition) is 2. The molecule has 0 saturated carbocycles. The third-order valence-corrected chi connectivity index (χ3v) is 2.74. The Kier molecular flexibility index (Phi) is 2.65. The van der Waals surface area contributed by atoms with Gasteiger partial charge in [0.25, 0.3) is 0 Å². The highest BCUT2D eigenvalue weighted by atomic mass is 28.3. The number of hydrogen-bond acceptors (Lipinski definition) is 3. The lowest BCUT2D eigenvalue weighted by Crippen LogP contribution is -2.36. The van der Waals surface area contributed by atoms with Gasteiger partial charge in [0.1, 0.15) is 0 Å². The fourth-order valence-electron chi connectivity index (χ4n) is 1.00. The van der Waals surface area contributed by atoms with Gasteiger partial charge in [0.15, 0.2) is 0 Å². The molecule has 0 aromatic carbocycles. The highest BCUT2D eigenvalue weighted by Gasteiger charge is 2.22. The van der Waals surface area contributed by atoms with Crippen molar-refractivity contribution in [3.05, 3.63) is 0 Å². The highest BCUT2D eigenvalue weighted by Crippen LogP contribution is 2.12. The molecule has 1 aliphatic heterocycles. The molecule has 0 bridgehead atoms. The van der Waals surface area contributed by atoms with Crippen molar-refractivity contribution in [2.45, 2.75) is 25.0 Å². The van der Waals surface area contributed by atoms with Gasteiger partial charge in [-0.15, -0.1) is 0 Å². The predicted octanol–water partition coefficient (Wildman–Crippen LogP) is -0.700. The molecule has 0 aliphatic carbocycles. The van der Waals surface area contributed by atoms with Crippen LogP contribution in [0.1, 0.15) is 19.3 Å². The van der Waals surface area contributed by atoms with Crippen LogP contribution in [0.15, 0.2) is 0 Å². The molecule has 54 valence electrons. The second-order valence-corrected chi connectivity index (χ2v) is 3.89. The molecular formula is C5H12O3Si. The standard InChI is InChI=1S/C5H12O3Si/c6-9(7)5-3-1-2-4-8-5/h5-7,9H,1-4H2. The van der Waals surface area contributed by atoms with E-state index in [1.54, 1.807) is 0 Å². The molecular weight excluding hydrogens is 136 g/mol. The fourth-order valence-corrected chi connectivity index (χ4v) is 1.84. The summed E-state index contributed by atoms with van der Waals surface area (Å²) in [4.78, 5) is 17.5. The Labute approximate surface area is 56.1 Å². The first-order valence-electron chi connectivity index (χ1n) is 3.28. The minimum atomic E-state index is -2.47. The zero-order chi connectivity index (χ0) is 6.69. The Hall–Kier alpha value is 0.0969. The molecule has 2 N–H and O–H groups in total. The Morgan fingerprint density at radius 3 is 2.44 bits per heavy atom. The Morgan fingerprint density at radius 2 is 2.11 bits per heavy atom. The Morgan fingerprint density at radius 1 is 1.33 bits per heavy atom. The van der Waals surface area contributed by atoms with Crippen LogP contribution in [0.25, 0.3) is 0 Å². The third kappa shape index (κ3) is 2.06. The van der Waals surface area contributed by atoms with Crippen molar-refractivity contribution >= 4 is 9.28 Å². The molecule has 0 aromatic rings. The fraction of sp³-hybridized carbons (Fsp3) is 1.00. The van der Waals surface area contributed by atoms with E-state index in [9.17, 15) is 0 Å². The van der Waals surface area contributed by atoms with Crippen LogP contribution in [0.5, 0.6) is 0 Å². The van der Waals surface area contributed by atoms with Crippen LogP contribution in [0.4, 0.5) is 0 Å². The SMILES string of the molecule is O[SiH](O)C1CCCCO1. The van der Waals surface area contributed by atoms with E-state index in [4.69, 9.17) is 14.3 Å². The van der Waals surface area contributed by atoms with Crippen molar-refractivity contribution in [1.82, 2.24) is 0 Å². The summed E-state index contributed by atoms with van der Waals surface area (Å²) < 4.78 is 5.10. The van der Waals surface area contributed by atoms with Crippen molar-refractivity contribution in [3.8, 4) is 0 Å². The van der Waals surface area contributed by atoms with E-state index < -0.39 is 9.28 Å². The van der Waals surface area contributed by atoms with Gasteiger partial charge in [-0.3, -0.25) is 0 Å². The zero-order valence-electron chi connectivity index (χ0n) is 5.29. The van der Waals surface area contributed by atoms with Crippen LogP contribution in [-0.4, -0.2) is 31.2 Å². The minimum Gasteiger partial charge on any atom is -0.412 e. The van der Waals surface area contributed by atoms with Crippen molar-refractivity contribution in [3.63, 3.8) is 0 Å². The molecule has 0 radical (unpaired) electrons. The third-order valence-electron chi connectivity index (χ3n) is 1.55. The topological polar surface area (TPSA) is 49.7 Å². The largest absolute Gasteiger partial charge is 0.412 e. The second-order valence-electron chi connectivity index (χ2n) is 2.32.